The molecule has 0 spiro atoms. The molecule has 2 heterocycles. The fourth-order valence-corrected chi connectivity index (χ4v) is 2.34. The lowest BCUT2D eigenvalue weighted by molar-refractivity contribution is 0.0863. The summed E-state index contributed by atoms with van der Waals surface area (Å²) in [6.45, 7) is 8.45. The molecule has 2 aliphatic heterocycles. The van der Waals surface area contributed by atoms with E-state index in [1.165, 1.54) is 32.6 Å². The van der Waals surface area contributed by atoms with Gasteiger partial charge in [-0.05, 0) is 6.42 Å². The summed E-state index contributed by atoms with van der Waals surface area (Å²) in [6, 6.07) is 0.690. The Hall–Kier alpha value is -0.160. The molecule has 0 saturated carbocycles. The smallest absolute Gasteiger partial charge is 0.0622 e. The molecule has 4 heteroatoms. The first-order chi connectivity index (χ1) is 6.90. The van der Waals surface area contributed by atoms with Crippen LogP contribution in [0.1, 0.15) is 6.42 Å². The topological polar surface area (TPSA) is 41.7 Å². The molecule has 0 aromatic rings. The Morgan fingerprint density at radius 2 is 2.00 bits per heavy atom. The summed E-state index contributed by atoms with van der Waals surface area (Å²) < 4.78 is 5.41. The zero-order valence-electron chi connectivity index (χ0n) is 8.82. The minimum atomic E-state index is 0.690. The van der Waals surface area contributed by atoms with Crippen LogP contribution in [0.4, 0.5) is 0 Å². The number of hydrogen-bond donors (Lipinski definition) is 1. The van der Waals surface area contributed by atoms with Gasteiger partial charge in [-0.15, -0.1) is 0 Å². The highest BCUT2D eigenvalue weighted by atomic mass is 16.5. The molecular formula is C10H21N3O. The molecule has 0 aromatic carbocycles. The minimum absolute atomic E-state index is 0.690. The van der Waals surface area contributed by atoms with Crippen molar-refractivity contribution in [1.29, 1.82) is 0 Å². The summed E-state index contributed by atoms with van der Waals surface area (Å²) in [6.07, 6.45) is 1.22. The maximum Gasteiger partial charge on any atom is 0.0622 e. The van der Waals surface area contributed by atoms with E-state index in [-0.39, 0.29) is 0 Å². The van der Waals surface area contributed by atoms with Crippen LogP contribution in [0, 0.1) is 0 Å². The molecule has 0 aliphatic carbocycles. The molecule has 0 bridgehead atoms. The fourth-order valence-electron chi connectivity index (χ4n) is 2.34. The van der Waals surface area contributed by atoms with E-state index in [1.54, 1.807) is 0 Å². The van der Waals surface area contributed by atoms with Crippen LogP contribution in [0.2, 0.25) is 0 Å². The van der Waals surface area contributed by atoms with Crippen molar-refractivity contribution < 1.29 is 4.74 Å². The number of rotatable bonds is 3. The van der Waals surface area contributed by atoms with Crippen LogP contribution in [-0.2, 0) is 4.74 Å². The van der Waals surface area contributed by atoms with Crippen LogP contribution < -0.4 is 5.73 Å². The Morgan fingerprint density at radius 3 is 2.57 bits per heavy atom. The van der Waals surface area contributed by atoms with Gasteiger partial charge in [-0.25, -0.2) is 0 Å². The van der Waals surface area contributed by atoms with Gasteiger partial charge in [-0.2, -0.15) is 0 Å². The van der Waals surface area contributed by atoms with E-state index in [9.17, 15) is 0 Å². The third-order valence-electron chi connectivity index (χ3n) is 3.27. The van der Waals surface area contributed by atoms with Crippen molar-refractivity contribution in [2.24, 2.45) is 5.73 Å². The van der Waals surface area contributed by atoms with Crippen LogP contribution >= 0.6 is 0 Å². The second-order valence-corrected chi connectivity index (χ2v) is 4.18. The number of nitrogens with two attached hydrogens (primary N) is 1. The van der Waals surface area contributed by atoms with Crippen molar-refractivity contribution in [1.82, 2.24) is 9.80 Å². The highest BCUT2D eigenvalue weighted by molar-refractivity contribution is 4.80. The van der Waals surface area contributed by atoms with E-state index < -0.39 is 0 Å². The SMILES string of the molecule is NCCN1CCN(C2CCOC2)CC1. The number of hydrogen-bond acceptors (Lipinski definition) is 4. The molecule has 2 rings (SSSR count). The maximum absolute atomic E-state index is 5.54. The van der Waals surface area contributed by atoms with Crippen molar-refractivity contribution in [2.45, 2.75) is 12.5 Å². The number of ether oxygens (including phenoxy) is 1. The van der Waals surface area contributed by atoms with Crippen molar-refractivity contribution in [2.75, 3.05) is 52.5 Å². The van der Waals surface area contributed by atoms with Crippen LogP contribution in [0.3, 0.4) is 0 Å². The molecule has 1 atom stereocenters. The second kappa shape index (κ2) is 5.07. The van der Waals surface area contributed by atoms with Gasteiger partial charge < -0.3 is 10.5 Å². The van der Waals surface area contributed by atoms with Gasteiger partial charge in [0.15, 0.2) is 0 Å². The Kier molecular flexibility index (Phi) is 3.75. The summed E-state index contributed by atoms with van der Waals surface area (Å²) >= 11 is 0. The Morgan fingerprint density at radius 1 is 1.21 bits per heavy atom. The lowest BCUT2D eigenvalue weighted by atomic mass is 10.2. The molecule has 2 fully saturated rings. The van der Waals surface area contributed by atoms with E-state index in [0.29, 0.717) is 6.04 Å². The molecular weight excluding hydrogens is 178 g/mol. The van der Waals surface area contributed by atoms with Gasteiger partial charge in [0.1, 0.15) is 0 Å². The van der Waals surface area contributed by atoms with Crippen LogP contribution in [0.5, 0.6) is 0 Å². The zero-order valence-corrected chi connectivity index (χ0v) is 8.82. The normalized spacial score (nSPS) is 31.1. The molecule has 82 valence electrons. The fraction of sp³-hybridized carbons (Fsp3) is 1.00. The third-order valence-corrected chi connectivity index (χ3v) is 3.27. The van der Waals surface area contributed by atoms with Gasteiger partial charge in [-0.1, -0.05) is 0 Å². The van der Waals surface area contributed by atoms with E-state index in [1.807, 2.05) is 0 Å². The molecule has 2 aliphatic rings. The van der Waals surface area contributed by atoms with E-state index in [4.69, 9.17) is 10.5 Å². The van der Waals surface area contributed by atoms with Gasteiger partial charge >= 0.3 is 0 Å². The minimum Gasteiger partial charge on any atom is -0.380 e. The first kappa shape index (κ1) is 10.4. The van der Waals surface area contributed by atoms with Crippen molar-refractivity contribution >= 4 is 0 Å². The molecule has 0 radical (unpaired) electrons. The molecule has 14 heavy (non-hydrogen) atoms. The predicted molar refractivity (Wildman–Crippen MR) is 56.3 cm³/mol. The number of piperazine rings is 1. The monoisotopic (exact) mass is 199 g/mol. The summed E-state index contributed by atoms with van der Waals surface area (Å²) in [5.41, 5.74) is 5.54. The summed E-state index contributed by atoms with van der Waals surface area (Å²) in [5, 5.41) is 0. The Bertz CT molecular complexity index is 163. The maximum atomic E-state index is 5.54. The highest BCUT2D eigenvalue weighted by Gasteiger charge is 2.26. The Labute approximate surface area is 86.0 Å². The Balaban J connectivity index is 1.72. The predicted octanol–water partition coefficient (Wildman–Crippen LogP) is -0.648. The summed E-state index contributed by atoms with van der Waals surface area (Å²) in [7, 11) is 0. The standard InChI is InChI=1S/C10H21N3O/c11-2-3-12-4-6-13(7-5-12)10-1-8-14-9-10/h10H,1-9,11H2. The second-order valence-electron chi connectivity index (χ2n) is 4.18. The largest absolute Gasteiger partial charge is 0.380 e. The average molecular weight is 199 g/mol. The van der Waals surface area contributed by atoms with Gasteiger partial charge in [-0.3, -0.25) is 9.80 Å². The first-order valence-corrected chi connectivity index (χ1v) is 5.64. The molecule has 1 unspecified atom stereocenters. The van der Waals surface area contributed by atoms with E-state index in [2.05, 4.69) is 9.80 Å². The summed E-state index contributed by atoms with van der Waals surface area (Å²) in [4.78, 5) is 5.02. The third kappa shape index (κ3) is 2.45. The van der Waals surface area contributed by atoms with E-state index >= 15 is 0 Å². The molecule has 2 saturated heterocycles. The first-order valence-electron chi connectivity index (χ1n) is 5.64. The molecule has 0 amide bonds. The van der Waals surface area contributed by atoms with Gasteiger partial charge in [0.25, 0.3) is 0 Å². The van der Waals surface area contributed by atoms with Crippen molar-refractivity contribution in [3.63, 3.8) is 0 Å². The lowest BCUT2D eigenvalue weighted by Crippen LogP contribution is -2.51. The van der Waals surface area contributed by atoms with E-state index in [0.717, 1.165) is 26.3 Å². The van der Waals surface area contributed by atoms with Gasteiger partial charge in [0.05, 0.1) is 6.61 Å². The molecule has 4 nitrogen and oxygen atoms in total. The lowest BCUT2D eigenvalue weighted by Gasteiger charge is -2.37. The number of nitrogens with zero attached hydrogens (tertiary/aromatic N) is 2. The van der Waals surface area contributed by atoms with Crippen molar-refractivity contribution in [3.05, 3.63) is 0 Å². The molecule has 2 N–H and O–H groups in total. The highest BCUT2D eigenvalue weighted by Crippen LogP contribution is 2.14. The summed E-state index contributed by atoms with van der Waals surface area (Å²) in [5.74, 6) is 0. The van der Waals surface area contributed by atoms with Crippen molar-refractivity contribution in [3.8, 4) is 0 Å². The zero-order chi connectivity index (χ0) is 9.80. The van der Waals surface area contributed by atoms with Crippen LogP contribution in [-0.4, -0.2) is 68.3 Å². The molecule has 0 aromatic heterocycles. The van der Waals surface area contributed by atoms with Crippen LogP contribution in [0.25, 0.3) is 0 Å². The quantitative estimate of drug-likeness (QED) is 0.656. The average Bonchev–Trinajstić information content (AvgIpc) is 2.72. The van der Waals surface area contributed by atoms with Crippen LogP contribution in [0.15, 0.2) is 0 Å². The van der Waals surface area contributed by atoms with Gasteiger partial charge in [0.2, 0.25) is 0 Å². The van der Waals surface area contributed by atoms with Gasteiger partial charge in [0, 0.05) is 51.9 Å².